The van der Waals surface area contributed by atoms with Crippen LogP contribution in [0.3, 0.4) is 0 Å². The molecule has 172 valence electrons. The van der Waals surface area contributed by atoms with Gasteiger partial charge in [-0.2, -0.15) is 0 Å². The largest absolute Gasteiger partial charge is 0.497 e. The highest BCUT2D eigenvalue weighted by molar-refractivity contribution is 9.10. The van der Waals surface area contributed by atoms with Crippen LogP contribution in [0.25, 0.3) is 0 Å². The number of hydrogen-bond donors (Lipinski definition) is 0. The molecule has 2 aliphatic rings. The lowest BCUT2D eigenvalue weighted by atomic mass is 9.89. The van der Waals surface area contributed by atoms with Crippen LogP contribution in [-0.4, -0.2) is 33.5 Å². The molecule has 5 rings (SSSR count). The number of nitrogens with zero attached hydrogens (tertiary/aromatic N) is 2. The molecule has 3 aromatic rings. The van der Waals surface area contributed by atoms with Crippen LogP contribution < -0.4 is 9.04 Å². The van der Waals surface area contributed by atoms with Crippen LogP contribution in [-0.2, 0) is 16.6 Å². The second-order valence-corrected chi connectivity index (χ2v) is 11.6. The summed E-state index contributed by atoms with van der Waals surface area (Å²) in [4.78, 5) is 2.82. The van der Waals surface area contributed by atoms with Gasteiger partial charge in [0.15, 0.2) is 0 Å². The average Bonchev–Trinajstić information content (AvgIpc) is 3.22. The SMILES string of the molecule is COc1ccc(CN2CC[C@H]3CN(S(=O)(=O)c4ccc(C)cc4)c4ccc(Br)cc4[C@H]32)cc1. The van der Waals surface area contributed by atoms with Crippen molar-refractivity contribution in [2.24, 2.45) is 5.92 Å². The summed E-state index contributed by atoms with van der Waals surface area (Å²) in [5.41, 5.74) is 4.12. The second kappa shape index (κ2) is 8.78. The molecule has 5 nitrogen and oxygen atoms in total. The lowest BCUT2D eigenvalue weighted by Crippen LogP contribution is -2.42. The minimum atomic E-state index is -3.64. The predicted octanol–water partition coefficient (Wildman–Crippen LogP) is 5.54. The first-order chi connectivity index (χ1) is 15.9. The number of ether oxygens (including phenoxy) is 1. The van der Waals surface area contributed by atoms with Gasteiger partial charge in [0.1, 0.15) is 5.75 Å². The maximum absolute atomic E-state index is 13.7. The van der Waals surface area contributed by atoms with E-state index in [0.717, 1.165) is 46.5 Å². The van der Waals surface area contributed by atoms with Gasteiger partial charge in [0, 0.05) is 23.6 Å². The molecule has 0 saturated carbocycles. The number of anilines is 1. The third-order valence-electron chi connectivity index (χ3n) is 6.76. The first kappa shape index (κ1) is 22.4. The number of rotatable bonds is 5. The number of aryl methyl sites for hydroxylation is 1. The Morgan fingerprint density at radius 2 is 1.76 bits per heavy atom. The van der Waals surface area contributed by atoms with Crippen LogP contribution >= 0.6 is 15.9 Å². The summed E-state index contributed by atoms with van der Waals surface area (Å²) in [7, 11) is -1.97. The fraction of sp³-hybridized carbons (Fsp3) is 0.308. The smallest absolute Gasteiger partial charge is 0.264 e. The lowest BCUT2D eigenvalue weighted by molar-refractivity contribution is 0.217. The van der Waals surface area contributed by atoms with E-state index in [4.69, 9.17) is 4.74 Å². The van der Waals surface area contributed by atoms with Gasteiger partial charge in [-0.25, -0.2) is 8.42 Å². The van der Waals surface area contributed by atoms with E-state index in [2.05, 4.69) is 39.0 Å². The van der Waals surface area contributed by atoms with Gasteiger partial charge in [-0.1, -0.05) is 45.8 Å². The third kappa shape index (κ3) is 4.18. The van der Waals surface area contributed by atoms with E-state index >= 15 is 0 Å². The van der Waals surface area contributed by atoms with Crippen LogP contribution in [0.5, 0.6) is 5.75 Å². The van der Waals surface area contributed by atoms with E-state index in [0.29, 0.717) is 11.4 Å². The van der Waals surface area contributed by atoms with Crippen LogP contribution in [0.4, 0.5) is 5.69 Å². The van der Waals surface area contributed by atoms with Crippen molar-refractivity contribution in [3.8, 4) is 5.75 Å². The number of hydrogen-bond acceptors (Lipinski definition) is 4. The molecule has 1 saturated heterocycles. The molecular formula is C26H27BrN2O3S. The zero-order valence-electron chi connectivity index (χ0n) is 18.7. The van der Waals surface area contributed by atoms with Gasteiger partial charge in [0.05, 0.1) is 17.7 Å². The molecule has 0 spiro atoms. The van der Waals surface area contributed by atoms with Crippen LogP contribution in [0, 0.1) is 12.8 Å². The zero-order valence-corrected chi connectivity index (χ0v) is 21.1. The Morgan fingerprint density at radius 3 is 2.45 bits per heavy atom. The first-order valence-electron chi connectivity index (χ1n) is 11.1. The summed E-state index contributed by atoms with van der Waals surface area (Å²) in [6.45, 7) is 4.22. The minimum Gasteiger partial charge on any atom is -0.497 e. The summed E-state index contributed by atoms with van der Waals surface area (Å²) >= 11 is 3.61. The van der Waals surface area contributed by atoms with Gasteiger partial charge in [0.2, 0.25) is 0 Å². The molecule has 7 heteroatoms. The first-order valence-corrected chi connectivity index (χ1v) is 13.4. The minimum absolute atomic E-state index is 0.184. The number of methoxy groups -OCH3 is 1. The maximum atomic E-state index is 13.7. The Balaban J connectivity index is 1.51. The normalized spacial score (nSPS) is 20.4. The van der Waals surface area contributed by atoms with Crippen molar-refractivity contribution in [3.63, 3.8) is 0 Å². The third-order valence-corrected chi connectivity index (χ3v) is 9.05. The maximum Gasteiger partial charge on any atom is 0.264 e. The molecule has 0 unspecified atom stereocenters. The van der Waals surface area contributed by atoms with Gasteiger partial charge < -0.3 is 4.74 Å². The van der Waals surface area contributed by atoms with E-state index in [9.17, 15) is 8.42 Å². The molecule has 0 amide bonds. The Morgan fingerprint density at radius 1 is 1.03 bits per heavy atom. The zero-order chi connectivity index (χ0) is 23.2. The van der Waals surface area contributed by atoms with Gasteiger partial charge in [-0.15, -0.1) is 0 Å². The predicted molar refractivity (Wildman–Crippen MR) is 134 cm³/mol. The number of fused-ring (bicyclic) bond motifs is 3. The molecular weight excluding hydrogens is 500 g/mol. The quantitative estimate of drug-likeness (QED) is 0.438. The van der Waals surface area contributed by atoms with Crippen LogP contribution in [0.1, 0.15) is 29.2 Å². The summed E-state index contributed by atoms with van der Waals surface area (Å²) in [5, 5.41) is 0. The van der Waals surface area contributed by atoms with E-state index in [1.54, 1.807) is 23.5 Å². The lowest BCUT2D eigenvalue weighted by Gasteiger charge is -2.40. The fourth-order valence-corrected chi connectivity index (χ4v) is 7.00. The number of benzene rings is 3. The Kier molecular flexibility index (Phi) is 5.97. The van der Waals surface area contributed by atoms with Crippen molar-refractivity contribution in [1.29, 1.82) is 0 Å². The molecule has 0 bridgehead atoms. The summed E-state index contributed by atoms with van der Waals surface area (Å²) < 4.78 is 35.2. The monoisotopic (exact) mass is 526 g/mol. The van der Waals surface area contributed by atoms with Crippen molar-refractivity contribution in [2.75, 3.05) is 24.5 Å². The molecule has 2 heterocycles. The van der Waals surface area contributed by atoms with Gasteiger partial charge in [0.25, 0.3) is 10.0 Å². The molecule has 0 N–H and O–H groups in total. The van der Waals surface area contributed by atoms with Crippen LogP contribution in [0.2, 0.25) is 0 Å². The molecule has 2 aliphatic heterocycles. The van der Waals surface area contributed by atoms with E-state index in [1.165, 1.54) is 5.56 Å². The highest BCUT2D eigenvalue weighted by atomic mass is 79.9. The van der Waals surface area contributed by atoms with Gasteiger partial charge in [-0.3, -0.25) is 9.21 Å². The summed E-state index contributed by atoms with van der Waals surface area (Å²) in [6, 6.07) is 21.5. The molecule has 1 fully saturated rings. The van der Waals surface area contributed by atoms with Crippen molar-refractivity contribution in [3.05, 3.63) is 87.9 Å². The van der Waals surface area contributed by atoms with Crippen molar-refractivity contribution < 1.29 is 13.2 Å². The highest BCUT2D eigenvalue weighted by Crippen LogP contribution is 2.48. The molecule has 0 aliphatic carbocycles. The van der Waals surface area contributed by atoms with Crippen LogP contribution in [0.15, 0.2) is 76.1 Å². The van der Waals surface area contributed by atoms with Crippen molar-refractivity contribution in [1.82, 2.24) is 4.90 Å². The molecule has 3 aromatic carbocycles. The van der Waals surface area contributed by atoms with Gasteiger partial charge in [-0.05, 0) is 79.4 Å². The standard InChI is InChI=1S/C26H27BrN2O3S/c1-18-3-10-23(11-4-18)33(30,31)29-17-20-13-14-28(16-19-5-8-22(32-2)9-6-19)26(20)24-15-21(27)7-12-25(24)29/h3-12,15,20,26H,13-14,16-17H2,1-2H3/t20-,26-/m0/s1. The molecule has 0 aromatic heterocycles. The highest BCUT2D eigenvalue weighted by Gasteiger charge is 2.44. The Hall–Kier alpha value is -2.35. The summed E-state index contributed by atoms with van der Waals surface area (Å²) in [6.07, 6.45) is 0.965. The number of likely N-dealkylation sites (tertiary alicyclic amines) is 1. The van der Waals surface area contributed by atoms with Crippen molar-refractivity contribution in [2.45, 2.75) is 30.8 Å². The van der Waals surface area contributed by atoms with Crippen molar-refractivity contribution >= 4 is 31.6 Å². The Bertz CT molecular complexity index is 1260. The number of sulfonamides is 1. The van der Waals surface area contributed by atoms with E-state index in [-0.39, 0.29) is 12.0 Å². The van der Waals surface area contributed by atoms with Gasteiger partial charge >= 0.3 is 0 Å². The fourth-order valence-electron chi connectivity index (χ4n) is 5.08. The van der Waals surface area contributed by atoms with E-state index in [1.807, 2.05) is 43.3 Å². The second-order valence-electron chi connectivity index (χ2n) is 8.86. The average molecular weight is 527 g/mol. The molecule has 0 radical (unpaired) electrons. The molecule has 33 heavy (non-hydrogen) atoms. The number of halogens is 1. The van der Waals surface area contributed by atoms with E-state index < -0.39 is 10.0 Å². The Labute approximate surface area is 204 Å². The summed E-state index contributed by atoms with van der Waals surface area (Å²) in [5.74, 6) is 1.09. The molecule has 2 atom stereocenters. The topological polar surface area (TPSA) is 49.9 Å².